The molecule has 0 aromatic heterocycles. The average Bonchev–Trinajstić information content (AvgIpc) is 3.44. The van der Waals surface area contributed by atoms with Gasteiger partial charge < -0.3 is 20.3 Å². The molecule has 458 valence electrons. The zero-order valence-electron chi connectivity index (χ0n) is 52.4. The van der Waals surface area contributed by atoms with Gasteiger partial charge in [0.25, 0.3) is 0 Å². The second-order valence-electron chi connectivity index (χ2n) is 23.9. The lowest BCUT2D eigenvalue weighted by Crippen LogP contribution is -2.45. The summed E-state index contributed by atoms with van der Waals surface area (Å²) in [5.74, 6) is -0.0572. The van der Waals surface area contributed by atoms with Crippen LogP contribution in [0.4, 0.5) is 0 Å². The van der Waals surface area contributed by atoms with E-state index < -0.39 is 12.1 Å². The van der Waals surface area contributed by atoms with Crippen molar-refractivity contribution in [2.75, 3.05) is 13.2 Å². The van der Waals surface area contributed by atoms with Gasteiger partial charge in [-0.15, -0.1) is 0 Å². The van der Waals surface area contributed by atoms with Gasteiger partial charge in [-0.3, -0.25) is 9.59 Å². The molecule has 0 aliphatic rings. The SMILES string of the molecule is CCCCCC/C=C\C/C=C\CCCCCCCCCC(=O)OCCCCCCCCCCCCCC/C=C\CCCCCCCCCCCCCCCC(=O)NC(CO)C(O)/C=C/CCCCCCCCCCCCCC. The van der Waals surface area contributed by atoms with Crippen LogP contribution in [0.1, 0.15) is 373 Å². The van der Waals surface area contributed by atoms with Crippen molar-refractivity contribution in [3.8, 4) is 0 Å². The molecule has 0 saturated heterocycles. The van der Waals surface area contributed by atoms with Crippen LogP contribution in [-0.2, 0) is 14.3 Å². The van der Waals surface area contributed by atoms with Gasteiger partial charge in [0.15, 0.2) is 0 Å². The van der Waals surface area contributed by atoms with Gasteiger partial charge >= 0.3 is 5.97 Å². The van der Waals surface area contributed by atoms with Crippen LogP contribution in [0.15, 0.2) is 48.6 Å². The second kappa shape index (κ2) is 67.3. The molecular weight excluding hydrogens is 959 g/mol. The van der Waals surface area contributed by atoms with Crippen LogP contribution in [-0.4, -0.2) is 47.4 Å². The summed E-state index contributed by atoms with van der Waals surface area (Å²) in [6.45, 7) is 4.90. The molecule has 2 atom stereocenters. The van der Waals surface area contributed by atoms with Crippen molar-refractivity contribution in [1.82, 2.24) is 5.32 Å². The molecule has 0 aliphatic carbocycles. The first-order valence-electron chi connectivity index (χ1n) is 34.9. The smallest absolute Gasteiger partial charge is 0.305 e. The van der Waals surface area contributed by atoms with Crippen molar-refractivity contribution in [2.45, 2.75) is 386 Å². The molecular formula is C72H135NO5. The molecule has 0 saturated carbocycles. The second-order valence-corrected chi connectivity index (χ2v) is 23.9. The van der Waals surface area contributed by atoms with E-state index in [1.165, 1.54) is 295 Å². The minimum Gasteiger partial charge on any atom is -0.466 e. The van der Waals surface area contributed by atoms with E-state index in [-0.39, 0.29) is 18.5 Å². The van der Waals surface area contributed by atoms with E-state index in [2.05, 4.69) is 55.6 Å². The number of nitrogens with one attached hydrogen (secondary N) is 1. The van der Waals surface area contributed by atoms with E-state index in [9.17, 15) is 19.8 Å². The lowest BCUT2D eigenvalue weighted by Gasteiger charge is -2.20. The minimum atomic E-state index is -0.844. The highest BCUT2D eigenvalue weighted by molar-refractivity contribution is 5.76. The maximum atomic E-state index is 12.5. The van der Waals surface area contributed by atoms with Crippen LogP contribution in [0.3, 0.4) is 0 Å². The van der Waals surface area contributed by atoms with Gasteiger partial charge in [0, 0.05) is 12.8 Å². The van der Waals surface area contributed by atoms with Crippen LogP contribution in [0.2, 0.25) is 0 Å². The average molecular weight is 1090 g/mol. The monoisotopic (exact) mass is 1090 g/mol. The Labute approximate surface area is 486 Å². The predicted octanol–water partition coefficient (Wildman–Crippen LogP) is 22.5. The molecule has 0 rings (SSSR count). The molecule has 0 aliphatic heterocycles. The zero-order valence-corrected chi connectivity index (χ0v) is 52.4. The number of hydrogen-bond donors (Lipinski definition) is 3. The van der Waals surface area contributed by atoms with Crippen LogP contribution >= 0.6 is 0 Å². The Morgan fingerprint density at radius 3 is 1.00 bits per heavy atom. The summed E-state index contributed by atoms with van der Waals surface area (Å²) in [5.41, 5.74) is 0. The largest absolute Gasteiger partial charge is 0.466 e. The number of rotatable bonds is 65. The van der Waals surface area contributed by atoms with Gasteiger partial charge in [0.2, 0.25) is 5.91 Å². The molecule has 3 N–H and O–H groups in total. The van der Waals surface area contributed by atoms with E-state index in [4.69, 9.17) is 4.74 Å². The van der Waals surface area contributed by atoms with Gasteiger partial charge in [-0.1, -0.05) is 319 Å². The lowest BCUT2D eigenvalue weighted by molar-refractivity contribution is -0.143. The molecule has 78 heavy (non-hydrogen) atoms. The summed E-state index contributed by atoms with van der Waals surface area (Å²) in [6.07, 6.45) is 87.6. The fraction of sp³-hybridized carbons (Fsp3) is 0.861. The third kappa shape index (κ3) is 63.0. The molecule has 0 bridgehead atoms. The summed E-state index contributed by atoms with van der Waals surface area (Å²) < 4.78 is 5.50. The lowest BCUT2D eigenvalue weighted by atomic mass is 10.0. The zero-order chi connectivity index (χ0) is 56.4. The number of allylic oxidation sites excluding steroid dienone is 7. The summed E-state index contributed by atoms with van der Waals surface area (Å²) in [4.78, 5) is 24.6. The third-order valence-corrected chi connectivity index (χ3v) is 16.1. The number of aliphatic hydroxyl groups is 2. The number of ether oxygens (including phenoxy) is 1. The Hall–Kier alpha value is -2.18. The Morgan fingerprint density at radius 2 is 0.641 bits per heavy atom. The van der Waals surface area contributed by atoms with Crippen molar-refractivity contribution < 1.29 is 24.5 Å². The van der Waals surface area contributed by atoms with Crippen molar-refractivity contribution in [3.05, 3.63) is 48.6 Å². The fourth-order valence-corrected chi connectivity index (χ4v) is 10.7. The van der Waals surface area contributed by atoms with Crippen molar-refractivity contribution in [3.63, 3.8) is 0 Å². The number of carbonyl (C=O) groups excluding carboxylic acids is 2. The molecule has 2 unspecified atom stereocenters. The van der Waals surface area contributed by atoms with Crippen molar-refractivity contribution in [1.29, 1.82) is 0 Å². The molecule has 6 nitrogen and oxygen atoms in total. The van der Waals surface area contributed by atoms with E-state index >= 15 is 0 Å². The Kier molecular flexibility index (Phi) is 65.4. The maximum absolute atomic E-state index is 12.5. The molecule has 0 aromatic rings. The predicted molar refractivity (Wildman–Crippen MR) is 342 cm³/mol. The number of hydrogen-bond acceptors (Lipinski definition) is 5. The van der Waals surface area contributed by atoms with Gasteiger partial charge in [0.05, 0.1) is 25.4 Å². The van der Waals surface area contributed by atoms with Gasteiger partial charge in [-0.05, 0) is 89.9 Å². The highest BCUT2D eigenvalue weighted by Gasteiger charge is 2.18. The van der Waals surface area contributed by atoms with E-state index in [0.29, 0.717) is 19.4 Å². The quantitative estimate of drug-likeness (QED) is 0.0320. The summed E-state index contributed by atoms with van der Waals surface area (Å²) in [5, 5.41) is 23.1. The van der Waals surface area contributed by atoms with Gasteiger partial charge in [-0.2, -0.15) is 0 Å². The third-order valence-electron chi connectivity index (χ3n) is 16.1. The molecule has 0 radical (unpaired) electrons. The minimum absolute atomic E-state index is 0.00886. The van der Waals surface area contributed by atoms with Crippen molar-refractivity contribution in [2.24, 2.45) is 0 Å². The highest BCUT2D eigenvalue weighted by Crippen LogP contribution is 2.18. The van der Waals surface area contributed by atoms with E-state index in [1.807, 2.05) is 6.08 Å². The molecule has 1 amide bonds. The van der Waals surface area contributed by atoms with Gasteiger partial charge in [0.1, 0.15) is 0 Å². The van der Waals surface area contributed by atoms with Crippen LogP contribution in [0.5, 0.6) is 0 Å². The first kappa shape index (κ1) is 75.8. The maximum Gasteiger partial charge on any atom is 0.305 e. The van der Waals surface area contributed by atoms with E-state index in [0.717, 1.165) is 51.4 Å². The highest BCUT2D eigenvalue weighted by atomic mass is 16.5. The summed E-state index contributed by atoms with van der Waals surface area (Å²) >= 11 is 0. The first-order chi connectivity index (χ1) is 38.5. The summed E-state index contributed by atoms with van der Waals surface area (Å²) in [7, 11) is 0. The molecule has 0 spiro atoms. The number of amides is 1. The van der Waals surface area contributed by atoms with E-state index in [1.54, 1.807) is 6.08 Å². The Balaban J connectivity index is 3.38. The summed E-state index contributed by atoms with van der Waals surface area (Å²) in [6, 6.07) is -0.627. The van der Waals surface area contributed by atoms with Crippen LogP contribution < -0.4 is 5.32 Å². The number of unbranched alkanes of at least 4 members (excludes halogenated alkanes) is 48. The van der Waals surface area contributed by atoms with Crippen LogP contribution in [0, 0.1) is 0 Å². The molecule has 0 heterocycles. The van der Waals surface area contributed by atoms with Crippen molar-refractivity contribution >= 4 is 11.9 Å². The van der Waals surface area contributed by atoms with Gasteiger partial charge in [-0.25, -0.2) is 0 Å². The number of esters is 1. The molecule has 6 heteroatoms. The Bertz CT molecular complexity index is 1310. The van der Waals surface area contributed by atoms with Crippen LogP contribution in [0.25, 0.3) is 0 Å². The number of carbonyl (C=O) groups is 2. The molecule has 0 fully saturated rings. The Morgan fingerprint density at radius 1 is 0.359 bits per heavy atom. The first-order valence-corrected chi connectivity index (χ1v) is 34.9. The standard InChI is InChI=1S/C72H135NO5/c1-3-5-7-9-11-13-15-17-19-20-35-38-42-46-50-54-58-62-66-72(77)78-67-63-59-55-51-47-43-39-36-33-31-29-27-25-23-21-22-24-26-28-30-32-34-37-41-45-49-53-57-61-65-71(76)73-69(68-74)70(75)64-60-56-52-48-44-40-18-16-14-12-10-8-6-4-2/h13,15,19-21,23,60,64,69-70,74-75H,3-12,14,16-18,22,24-59,61-63,65-68H2,1-2H3,(H,73,76)/b15-13-,20-19-,23-21-,64-60+. The molecule has 0 aromatic carbocycles. The normalized spacial score (nSPS) is 12.8. The fourth-order valence-electron chi connectivity index (χ4n) is 10.7. The number of aliphatic hydroxyl groups excluding tert-OH is 2. The topological polar surface area (TPSA) is 95.9 Å².